The number of amides is 1. The highest BCUT2D eigenvalue weighted by atomic mass is 32.1. The van der Waals surface area contributed by atoms with Gasteiger partial charge in [0.1, 0.15) is 5.01 Å². The molecule has 0 aliphatic carbocycles. The Bertz CT molecular complexity index is 781. The first-order valence-corrected chi connectivity index (χ1v) is 10.8. The summed E-state index contributed by atoms with van der Waals surface area (Å²) in [6, 6.07) is 10.2. The topological polar surface area (TPSA) is 69.6 Å². The molecule has 2 aromatic rings. The summed E-state index contributed by atoms with van der Waals surface area (Å²) in [5, 5.41) is 9.24. The molecule has 0 bridgehead atoms. The molecule has 1 aliphatic rings. The van der Waals surface area contributed by atoms with Crippen molar-refractivity contribution in [2.45, 2.75) is 32.7 Å². The molecule has 150 valence electrons. The molecule has 1 amide bonds. The highest BCUT2D eigenvalue weighted by Crippen LogP contribution is 2.23. The predicted molar refractivity (Wildman–Crippen MR) is 115 cm³/mol. The zero-order valence-corrected chi connectivity index (χ0v) is 17.5. The summed E-state index contributed by atoms with van der Waals surface area (Å²) in [6.07, 6.45) is 2.67. The molecule has 3 rings (SSSR count). The van der Waals surface area contributed by atoms with Crippen molar-refractivity contribution in [3.63, 3.8) is 0 Å². The Balaban J connectivity index is 1.59. The van der Waals surface area contributed by atoms with Crippen LogP contribution in [0.5, 0.6) is 0 Å². The van der Waals surface area contributed by atoms with Crippen LogP contribution in [0.2, 0.25) is 0 Å². The third kappa shape index (κ3) is 5.55. The quantitative estimate of drug-likeness (QED) is 0.578. The van der Waals surface area contributed by atoms with Gasteiger partial charge in [-0.1, -0.05) is 30.3 Å². The fourth-order valence-electron chi connectivity index (χ4n) is 3.41. The maximum atomic E-state index is 11.6. The summed E-state index contributed by atoms with van der Waals surface area (Å²) in [5.74, 6) is 1.54. The zero-order valence-electron chi connectivity index (χ0n) is 16.6. The van der Waals surface area contributed by atoms with E-state index in [0.717, 1.165) is 54.7 Å². The number of likely N-dealkylation sites (tertiary alicyclic amines) is 1. The average molecular weight is 400 g/mol. The smallest absolute Gasteiger partial charge is 0.220 e. The summed E-state index contributed by atoms with van der Waals surface area (Å²) in [7, 11) is 1.70. The van der Waals surface area contributed by atoms with Crippen LogP contribution in [0, 0.1) is 5.92 Å². The number of carbonyl (C=O) groups is 1. The van der Waals surface area contributed by atoms with Gasteiger partial charge in [-0.3, -0.25) is 4.79 Å². The summed E-state index contributed by atoms with van der Waals surface area (Å²) in [4.78, 5) is 23.4. The summed E-state index contributed by atoms with van der Waals surface area (Å²) >= 11 is 1.65. The van der Waals surface area contributed by atoms with E-state index in [1.807, 2.05) is 18.2 Å². The highest BCUT2D eigenvalue weighted by molar-refractivity contribution is 7.09. The molecule has 0 unspecified atom stereocenters. The second-order valence-corrected chi connectivity index (χ2v) is 7.91. The van der Waals surface area contributed by atoms with E-state index in [-0.39, 0.29) is 5.91 Å². The number of nitrogens with one attached hydrogen (secondary N) is 2. The van der Waals surface area contributed by atoms with Crippen LogP contribution in [0.4, 0.5) is 0 Å². The molecular formula is C21H29N5OS. The summed E-state index contributed by atoms with van der Waals surface area (Å²) in [5.41, 5.74) is 2.15. The SMILES string of the molecule is CCNC(=NCc1nc(-c2ccccc2)cs1)N1CCC(CC(=O)NC)CC1. The monoisotopic (exact) mass is 399 g/mol. The zero-order chi connectivity index (χ0) is 19.8. The van der Waals surface area contributed by atoms with Crippen molar-refractivity contribution < 1.29 is 4.79 Å². The number of guanidine groups is 1. The molecule has 1 aromatic heterocycles. The van der Waals surface area contributed by atoms with Gasteiger partial charge < -0.3 is 15.5 Å². The van der Waals surface area contributed by atoms with Gasteiger partial charge >= 0.3 is 0 Å². The Morgan fingerprint density at radius 2 is 2.04 bits per heavy atom. The number of nitrogens with zero attached hydrogens (tertiary/aromatic N) is 3. The van der Waals surface area contributed by atoms with Gasteiger partial charge in [0.2, 0.25) is 5.91 Å². The Kier molecular flexibility index (Phi) is 7.42. The Hall–Kier alpha value is -2.41. The number of hydrogen-bond donors (Lipinski definition) is 2. The molecule has 1 fully saturated rings. The summed E-state index contributed by atoms with van der Waals surface area (Å²) < 4.78 is 0. The number of piperidine rings is 1. The van der Waals surface area contributed by atoms with Gasteiger partial charge in [-0.05, 0) is 25.7 Å². The second-order valence-electron chi connectivity index (χ2n) is 6.97. The number of hydrogen-bond acceptors (Lipinski definition) is 4. The molecule has 28 heavy (non-hydrogen) atoms. The standard InChI is InChI=1S/C21H29N5OS/c1-3-23-21(26-11-9-16(10-12-26)13-19(27)22-2)24-14-20-25-18(15-28-20)17-7-5-4-6-8-17/h4-8,15-16H,3,9-14H2,1-2H3,(H,22,27)(H,23,24). The molecule has 6 nitrogen and oxygen atoms in total. The molecule has 7 heteroatoms. The average Bonchev–Trinajstić information content (AvgIpc) is 3.21. The largest absolute Gasteiger partial charge is 0.359 e. The number of aliphatic imine (C=N–C) groups is 1. The van der Waals surface area contributed by atoms with Crippen molar-refractivity contribution in [2.24, 2.45) is 10.9 Å². The van der Waals surface area contributed by atoms with E-state index in [0.29, 0.717) is 18.9 Å². The number of benzene rings is 1. The Morgan fingerprint density at radius 3 is 2.71 bits per heavy atom. The van der Waals surface area contributed by atoms with Gasteiger partial charge in [0.05, 0.1) is 12.2 Å². The Morgan fingerprint density at radius 1 is 1.29 bits per heavy atom. The van der Waals surface area contributed by atoms with Gasteiger partial charge in [0, 0.05) is 44.0 Å². The van der Waals surface area contributed by atoms with E-state index in [9.17, 15) is 4.79 Å². The molecule has 0 spiro atoms. The van der Waals surface area contributed by atoms with Crippen LogP contribution < -0.4 is 10.6 Å². The van der Waals surface area contributed by atoms with Crippen molar-refractivity contribution in [1.29, 1.82) is 0 Å². The van der Waals surface area contributed by atoms with Crippen LogP contribution in [0.3, 0.4) is 0 Å². The van der Waals surface area contributed by atoms with Crippen LogP contribution >= 0.6 is 11.3 Å². The van der Waals surface area contributed by atoms with Crippen molar-refractivity contribution in [1.82, 2.24) is 20.5 Å². The van der Waals surface area contributed by atoms with E-state index in [2.05, 4.69) is 40.0 Å². The van der Waals surface area contributed by atoms with Gasteiger partial charge in [0.25, 0.3) is 0 Å². The lowest BCUT2D eigenvalue weighted by atomic mass is 9.93. The van der Waals surface area contributed by atoms with Crippen LogP contribution in [-0.4, -0.2) is 48.4 Å². The van der Waals surface area contributed by atoms with Crippen molar-refractivity contribution in [2.75, 3.05) is 26.7 Å². The third-order valence-electron chi connectivity index (χ3n) is 4.99. The van der Waals surface area contributed by atoms with Crippen LogP contribution in [0.1, 0.15) is 31.2 Å². The lowest BCUT2D eigenvalue weighted by Gasteiger charge is -2.34. The third-order valence-corrected chi connectivity index (χ3v) is 5.82. The van der Waals surface area contributed by atoms with E-state index in [4.69, 9.17) is 9.98 Å². The molecule has 0 atom stereocenters. The lowest BCUT2D eigenvalue weighted by molar-refractivity contribution is -0.121. The molecule has 1 aromatic carbocycles. The number of thiazole rings is 1. The molecular weight excluding hydrogens is 370 g/mol. The minimum absolute atomic E-state index is 0.136. The maximum absolute atomic E-state index is 11.6. The normalized spacial score (nSPS) is 15.5. The van der Waals surface area contributed by atoms with Crippen LogP contribution in [0.25, 0.3) is 11.3 Å². The van der Waals surface area contributed by atoms with Gasteiger partial charge in [-0.2, -0.15) is 0 Å². The first kappa shape index (κ1) is 20.3. The molecule has 2 heterocycles. The number of rotatable bonds is 6. The molecule has 2 N–H and O–H groups in total. The van der Waals surface area contributed by atoms with E-state index in [1.165, 1.54) is 0 Å². The molecule has 1 aliphatic heterocycles. The van der Waals surface area contributed by atoms with Crippen molar-refractivity contribution in [3.05, 3.63) is 40.7 Å². The molecule has 1 saturated heterocycles. The fraction of sp³-hybridized carbons (Fsp3) is 0.476. The Labute approximate surface area is 171 Å². The number of carbonyl (C=O) groups excluding carboxylic acids is 1. The molecule has 0 radical (unpaired) electrons. The maximum Gasteiger partial charge on any atom is 0.220 e. The van der Waals surface area contributed by atoms with Crippen LogP contribution in [-0.2, 0) is 11.3 Å². The predicted octanol–water partition coefficient (Wildman–Crippen LogP) is 3.12. The van der Waals surface area contributed by atoms with Gasteiger partial charge in [0.15, 0.2) is 5.96 Å². The fourth-order valence-corrected chi connectivity index (χ4v) is 4.13. The minimum Gasteiger partial charge on any atom is -0.359 e. The van der Waals surface area contributed by atoms with Gasteiger partial charge in [-0.15, -0.1) is 11.3 Å². The van der Waals surface area contributed by atoms with Crippen molar-refractivity contribution >= 4 is 23.2 Å². The first-order valence-electron chi connectivity index (χ1n) is 9.93. The number of aromatic nitrogens is 1. The van der Waals surface area contributed by atoms with E-state index < -0.39 is 0 Å². The lowest BCUT2D eigenvalue weighted by Crippen LogP contribution is -2.46. The summed E-state index contributed by atoms with van der Waals surface area (Å²) in [6.45, 7) is 5.37. The van der Waals surface area contributed by atoms with E-state index in [1.54, 1.807) is 18.4 Å². The van der Waals surface area contributed by atoms with E-state index >= 15 is 0 Å². The van der Waals surface area contributed by atoms with Gasteiger partial charge in [-0.25, -0.2) is 9.98 Å². The minimum atomic E-state index is 0.136. The van der Waals surface area contributed by atoms with Crippen LogP contribution in [0.15, 0.2) is 40.7 Å². The van der Waals surface area contributed by atoms with Crippen molar-refractivity contribution in [3.8, 4) is 11.3 Å². The molecule has 0 saturated carbocycles. The second kappa shape index (κ2) is 10.2. The highest BCUT2D eigenvalue weighted by Gasteiger charge is 2.23. The first-order chi connectivity index (χ1) is 13.7.